The van der Waals surface area contributed by atoms with Crippen LogP contribution in [0.15, 0.2) is 23.0 Å². The highest BCUT2D eigenvalue weighted by Crippen LogP contribution is 2.40. The van der Waals surface area contributed by atoms with Gasteiger partial charge in [0.2, 0.25) is 5.91 Å². The van der Waals surface area contributed by atoms with Gasteiger partial charge < -0.3 is 14.8 Å². The first-order valence-corrected chi connectivity index (χ1v) is 11.2. The van der Waals surface area contributed by atoms with Crippen molar-refractivity contribution in [3.63, 3.8) is 0 Å². The van der Waals surface area contributed by atoms with Crippen molar-refractivity contribution < 1.29 is 14.3 Å². The van der Waals surface area contributed by atoms with E-state index < -0.39 is 0 Å². The van der Waals surface area contributed by atoms with Gasteiger partial charge in [-0.05, 0) is 38.7 Å². The predicted molar refractivity (Wildman–Crippen MR) is 117 cm³/mol. The normalized spacial score (nSPS) is 18.1. The summed E-state index contributed by atoms with van der Waals surface area (Å²) in [6, 6.07) is 6.16. The number of nitrogens with zero attached hydrogens (tertiary/aromatic N) is 3. The number of ether oxygens (including phenoxy) is 2. The zero-order valence-corrected chi connectivity index (χ0v) is 18.5. The minimum atomic E-state index is -0.262. The third kappa shape index (κ3) is 4.54. The molecule has 3 heterocycles. The van der Waals surface area contributed by atoms with E-state index in [0.717, 1.165) is 61.2 Å². The standard InChI is InChI=1S/C23H32N4O4/c1-17-7-8-19(30-2)18(14-17)23(9-12-31-13-10-23)16-24-21(28)15-27-22(29)26-11-5-3-4-6-20(26)25-27/h7-8,14H,3-6,9-13,15-16H2,1-2H3,(H,24,28). The molecule has 8 heteroatoms. The summed E-state index contributed by atoms with van der Waals surface area (Å²) in [6.07, 6.45) is 5.51. The van der Waals surface area contributed by atoms with E-state index in [1.165, 1.54) is 4.68 Å². The Balaban J connectivity index is 1.50. The van der Waals surface area contributed by atoms with Crippen molar-refractivity contribution in [3.8, 4) is 5.75 Å². The average Bonchev–Trinajstić information content (AvgIpc) is 2.94. The number of rotatable bonds is 6. The van der Waals surface area contributed by atoms with Gasteiger partial charge in [-0.2, -0.15) is 5.10 Å². The summed E-state index contributed by atoms with van der Waals surface area (Å²) in [4.78, 5) is 25.5. The van der Waals surface area contributed by atoms with Gasteiger partial charge in [-0.15, -0.1) is 0 Å². The number of nitrogens with one attached hydrogen (secondary N) is 1. The smallest absolute Gasteiger partial charge is 0.346 e. The van der Waals surface area contributed by atoms with Crippen LogP contribution in [0.3, 0.4) is 0 Å². The Morgan fingerprint density at radius 1 is 1.26 bits per heavy atom. The van der Waals surface area contributed by atoms with E-state index in [0.29, 0.717) is 26.3 Å². The molecule has 31 heavy (non-hydrogen) atoms. The second kappa shape index (κ2) is 9.26. The zero-order valence-electron chi connectivity index (χ0n) is 18.5. The molecule has 1 fully saturated rings. The first kappa shape index (κ1) is 21.6. The third-order valence-electron chi connectivity index (χ3n) is 6.58. The number of hydrogen-bond acceptors (Lipinski definition) is 5. The van der Waals surface area contributed by atoms with Crippen LogP contribution in [0.2, 0.25) is 0 Å². The highest BCUT2D eigenvalue weighted by atomic mass is 16.5. The first-order valence-electron chi connectivity index (χ1n) is 11.2. The molecule has 1 N–H and O–H groups in total. The Morgan fingerprint density at radius 3 is 2.84 bits per heavy atom. The van der Waals surface area contributed by atoms with E-state index in [1.54, 1.807) is 11.7 Å². The molecule has 1 aromatic carbocycles. The van der Waals surface area contributed by atoms with Gasteiger partial charge in [0, 0.05) is 43.7 Å². The molecule has 0 unspecified atom stereocenters. The van der Waals surface area contributed by atoms with Gasteiger partial charge in [0.25, 0.3) is 0 Å². The zero-order chi connectivity index (χ0) is 21.8. The van der Waals surface area contributed by atoms with Crippen molar-refractivity contribution in [3.05, 3.63) is 45.6 Å². The maximum absolute atomic E-state index is 12.8. The van der Waals surface area contributed by atoms with Crippen LogP contribution in [-0.2, 0) is 34.5 Å². The number of amides is 1. The van der Waals surface area contributed by atoms with Crippen molar-refractivity contribution in [1.82, 2.24) is 19.7 Å². The summed E-state index contributed by atoms with van der Waals surface area (Å²) in [5, 5.41) is 7.50. The Bertz CT molecular complexity index is 988. The second-order valence-electron chi connectivity index (χ2n) is 8.69. The van der Waals surface area contributed by atoms with E-state index in [2.05, 4.69) is 23.4 Å². The van der Waals surface area contributed by atoms with Crippen LogP contribution in [-0.4, -0.2) is 47.1 Å². The van der Waals surface area contributed by atoms with Gasteiger partial charge in [0.1, 0.15) is 18.1 Å². The topological polar surface area (TPSA) is 87.4 Å². The molecule has 0 bridgehead atoms. The van der Waals surface area contributed by atoms with Gasteiger partial charge in [-0.3, -0.25) is 9.36 Å². The lowest BCUT2D eigenvalue weighted by molar-refractivity contribution is -0.122. The summed E-state index contributed by atoms with van der Waals surface area (Å²) in [7, 11) is 1.68. The molecule has 1 aromatic heterocycles. The minimum Gasteiger partial charge on any atom is -0.496 e. The Morgan fingerprint density at radius 2 is 2.06 bits per heavy atom. The average molecular weight is 429 g/mol. The van der Waals surface area contributed by atoms with E-state index >= 15 is 0 Å². The van der Waals surface area contributed by atoms with Crippen molar-refractivity contribution in [2.45, 2.75) is 64.0 Å². The molecule has 0 aliphatic carbocycles. The van der Waals surface area contributed by atoms with E-state index in [4.69, 9.17) is 9.47 Å². The maximum Gasteiger partial charge on any atom is 0.346 e. The van der Waals surface area contributed by atoms with E-state index in [-0.39, 0.29) is 23.6 Å². The quantitative estimate of drug-likeness (QED) is 0.760. The first-order chi connectivity index (χ1) is 15.0. The van der Waals surface area contributed by atoms with Gasteiger partial charge in [0.05, 0.1) is 7.11 Å². The molecule has 168 valence electrons. The van der Waals surface area contributed by atoms with Crippen LogP contribution < -0.4 is 15.7 Å². The lowest BCUT2D eigenvalue weighted by Crippen LogP contribution is -2.46. The lowest BCUT2D eigenvalue weighted by Gasteiger charge is -2.38. The predicted octanol–water partition coefficient (Wildman–Crippen LogP) is 1.95. The molecular weight excluding hydrogens is 396 g/mol. The fourth-order valence-electron chi connectivity index (χ4n) is 4.73. The Kier molecular flexibility index (Phi) is 6.46. The van der Waals surface area contributed by atoms with Crippen LogP contribution in [0.4, 0.5) is 0 Å². The SMILES string of the molecule is COc1ccc(C)cc1C1(CNC(=O)Cn2nc3n(c2=O)CCCCC3)CCOCC1. The van der Waals surface area contributed by atoms with Crippen molar-refractivity contribution in [2.24, 2.45) is 0 Å². The van der Waals surface area contributed by atoms with Gasteiger partial charge in [-0.1, -0.05) is 24.1 Å². The molecular formula is C23H32N4O4. The largest absolute Gasteiger partial charge is 0.496 e. The Labute approximate surface area is 182 Å². The van der Waals surface area contributed by atoms with Crippen molar-refractivity contribution in [2.75, 3.05) is 26.9 Å². The number of carbonyl (C=O) groups excluding carboxylic acids is 1. The number of benzene rings is 1. The molecule has 1 saturated heterocycles. The van der Waals surface area contributed by atoms with E-state index in [9.17, 15) is 9.59 Å². The highest BCUT2D eigenvalue weighted by molar-refractivity contribution is 5.75. The number of carbonyl (C=O) groups is 1. The Hall–Kier alpha value is -2.61. The summed E-state index contributed by atoms with van der Waals surface area (Å²) in [6.45, 7) is 4.43. The number of hydrogen-bond donors (Lipinski definition) is 1. The summed E-state index contributed by atoms with van der Waals surface area (Å²) >= 11 is 0. The maximum atomic E-state index is 12.8. The molecule has 2 aliphatic heterocycles. The van der Waals surface area contributed by atoms with Crippen LogP contribution in [0, 0.1) is 6.92 Å². The number of aromatic nitrogens is 3. The fraction of sp³-hybridized carbons (Fsp3) is 0.609. The van der Waals surface area contributed by atoms with Crippen LogP contribution in [0.1, 0.15) is 49.1 Å². The summed E-state index contributed by atoms with van der Waals surface area (Å²) in [5.74, 6) is 1.42. The molecule has 0 radical (unpaired) electrons. The molecule has 2 aliphatic rings. The van der Waals surface area contributed by atoms with Crippen molar-refractivity contribution >= 4 is 5.91 Å². The fourth-order valence-corrected chi connectivity index (χ4v) is 4.73. The second-order valence-corrected chi connectivity index (χ2v) is 8.69. The van der Waals surface area contributed by atoms with Crippen molar-refractivity contribution in [1.29, 1.82) is 0 Å². The monoisotopic (exact) mass is 428 g/mol. The minimum absolute atomic E-state index is 0.0592. The van der Waals surface area contributed by atoms with Crippen LogP contribution >= 0.6 is 0 Å². The lowest BCUT2D eigenvalue weighted by atomic mass is 9.73. The van der Waals surface area contributed by atoms with Gasteiger partial charge in [0.15, 0.2) is 0 Å². The van der Waals surface area contributed by atoms with Gasteiger partial charge >= 0.3 is 5.69 Å². The van der Waals surface area contributed by atoms with Crippen LogP contribution in [0.5, 0.6) is 5.75 Å². The number of methoxy groups -OCH3 is 1. The van der Waals surface area contributed by atoms with E-state index in [1.807, 2.05) is 12.1 Å². The highest BCUT2D eigenvalue weighted by Gasteiger charge is 2.37. The molecule has 0 atom stereocenters. The molecule has 1 amide bonds. The molecule has 2 aromatic rings. The number of aryl methyl sites for hydroxylation is 2. The third-order valence-corrected chi connectivity index (χ3v) is 6.58. The van der Waals surface area contributed by atoms with Crippen LogP contribution in [0.25, 0.3) is 0 Å². The molecule has 8 nitrogen and oxygen atoms in total. The molecule has 0 saturated carbocycles. The van der Waals surface area contributed by atoms with Gasteiger partial charge in [-0.25, -0.2) is 9.48 Å². The summed E-state index contributed by atoms with van der Waals surface area (Å²) in [5.41, 5.74) is 1.80. The summed E-state index contributed by atoms with van der Waals surface area (Å²) < 4.78 is 14.3. The molecule has 0 spiro atoms. The molecule has 4 rings (SSSR count). The number of fused-ring (bicyclic) bond motifs is 1.